The Morgan fingerprint density at radius 2 is 2.00 bits per heavy atom. The molecule has 0 aliphatic heterocycles. The molecule has 1 atom stereocenters. The molecule has 0 rings (SSSR count). The molecule has 1 N–H and O–H groups in total. The molecule has 0 aromatic heterocycles. The fourth-order valence-corrected chi connectivity index (χ4v) is 0.822. The van der Waals surface area contributed by atoms with Gasteiger partial charge in [0.1, 0.15) is 6.10 Å². The maximum absolute atomic E-state index is 10.7. The zero-order valence-electron chi connectivity index (χ0n) is 8.88. The molecule has 1 unspecified atom stereocenters. The van der Waals surface area contributed by atoms with E-state index in [-0.39, 0.29) is 29.6 Å². The van der Waals surface area contributed by atoms with Crippen molar-refractivity contribution in [1.82, 2.24) is 0 Å². The molecular formula is C9H18NaO3. The van der Waals surface area contributed by atoms with Gasteiger partial charge in [-0.15, -0.1) is 0 Å². The van der Waals surface area contributed by atoms with Crippen LogP contribution in [0.2, 0.25) is 0 Å². The van der Waals surface area contributed by atoms with E-state index in [1.807, 2.05) is 0 Å². The van der Waals surface area contributed by atoms with E-state index < -0.39 is 12.1 Å². The topological polar surface area (TPSA) is 46.5 Å². The Balaban J connectivity index is 0. The number of carbonyl (C=O) groups is 1. The van der Waals surface area contributed by atoms with Crippen molar-refractivity contribution >= 4 is 35.5 Å². The van der Waals surface area contributed by atoms with E-state index in [9.17, 15) is 4.79 Å². The molecular weight excluding hydrogens is 179 g/mol. The average Bonchev–Trinajstić information content (AvgIpc) is 2.03. The minimum absolute atomic E-state index is 0. The van der Waals surface area contributed by atoms with Crippen molar-refractivity contribution < 1.29 is 14.6 Å². The van der Waals surface area contributed by atoms with Gasteiger partial charge in [-0.05, 0) is 13.3 Å². The van der Waals surface area contributed by atoms with Crippen molar-refractivity contribution in [1.29, 1.82) is 0 Å². The fraction of sp³-hybridized carbons (Fsp3) is 0.889. The van der Waals surface area contributed by atoms with Crippen LogP contribution in [-0.2, 0) is 9.53 Å². The minimum Gasteiger partial charge on any atom is -0.464 e. The van der Waals surface area contributed by atoms with Crippen LogP contribution in [0.5, 0.6) is 0 Å². The Kier molecular flexibility index (Phi) is 12.8. The van der Waals surface area contributed by atoms with Crippen molar-refractivity contribution in [3.63, 3.8) is 0 Å². The molecule has 4 heteroatoms. The summed E-state index contributed by atoms with van der Waals surface area (Å²) in [5.74, 6) is -0.522. The van der Waals surface area contributed by atoms with E-state index in [0.29, 0.717) is 6.61 Å². The van der Waals surface area contributed by atoms with Crippen LogP contribution in [0, 0.1) is 0 Å². The summed E-state index contributed by atoms with van der Waals surface area (Å²) in [6.45, 7) is 3.97. The molecule has 0 aromatic carbocycles. The van der Waals surface area contributed by atoms with Crippen molar-refractivity contribution in [2.75, 3.05) is 6.61 Å². The van der Waals surface area contributed by atoms with Gasteiger partial charge < -0.3 is 9.84 Å². The summed E-state index contributed by atoms with van der Waals surface area (Å²) in [6.07, 6.45) is 3.34. The van der Waals surface area contributed by atoms with E-state index >= 15 is 0 Å². The summed E-state index contributed by atoms with van der Waals surface area (Å²) >= 11 is 0. The molecule has 13 heavy (non-hydrogen) atoms. The molecule has 0 saturated carbocycles. The van der Waals surface area contributed by atoms with Crippen LogP contribution in [-0.4, -0.2) is 53.3 Å². The first-order valence-corrected chi connectivity index (χ1v) is 4.53. The molecule has 0 heterocycles. The van der Waals surface area contributed by atoms with Gasteiger partial charge in [-0.2, -0.15) is 0 Å². The molecule has 73 valence electrons. The summed E-state index contributed by atoms with van der Waals surface area (Å²) in [5, 5.41) is 8.75. The maximum Gasteiger partial charge on any atom is 0.334 e. The van der Waals surface area contributed by atoms with E-state index in [4.69, 9.17) is 9.84 Å². The zero-order valence-corrected chi connectivity index (χ0v) is 10.9. The van der Waals surface area contributed by atoms with Crippen LogP contribution in [0.25, 0.3) is 0 Å². The molecule has 0 spiro atoms. The number of hydrogen-bond donors (Lipinski definition) is 1. The number of aliphatic hydroxyl groups excluding tert-OH is 1. The van der Waals surface area contributed by atoms with Gasteiger partial charge in [0.25, 0.3) is 0 Å². The standard InChI is InChI=1S/C9H18O3.Na/c1-3-4-5-6-7-12-9(11)8(2)10;/h8,10H,3-7H2,1-2H3;. The van der Waals surface area contributed by atoms with E-state index in [1.54, 1.807) is 0 Å². The number of unbranched alkanes of at least 4 members (excludes halogenated alkanes) is 3. The molecule has 0 amide bonds. The zero-order chi connectivity index (χ0) is 9.40. The Bertz CT molecular complexity index is 126. The molecule has 3 nitrogen and oxygen atoms in total. The number of hydrogen-bond acceptors (Lipinski definition) is 3. The number of esters is 1. The van der Waals surface area contributed by atoms with Gasteiger partial charge in [0.05, 0.1) is 6.61 Å². The third-order valence-electron chi connectivity index (χ3n) is 1.58. The third kappa shape index (κ3) is 10.4. The van der Waals surface area contributed by atoms with E-state index in [0.717, 1.165) is 12.8 Å². The monoisotopic (exact) mass is 197 g/mol. The van der Waals surface area contributed by atoms with Crippen LogP contribution in [0.4, 0.5) is 0 Å². The van der Waals surface area contributed by atoms with Crippen molar-refractivity contribution in [3.8, 4) is 0 Å². The predicted octanol–water partition coefficient (Wildman–Crippen LogP) is 1.11. The summed E-state index contributed by atoms with van der Waals surface area (Å²) in [4.78, 5) is 10.7. The molecule has 0 aliphatic carbocycles. The number of ether oxygens (including phenoxy) is 1. The first-order valence-electron chi connectivity index (χ1n) is 4.53. The molecule has 1 radical (unpaired) electrons. The molecule has 0 saturated heterocycles. The summed E-state index contributed by atoms with van der Waals surface area (Å²) in [5.41, 5.74) is 0. The maximum atomic E-state index is 10.7. The first kappa shape index (κ1) is 15.9. The Morgan fingerprint density at radius 1 is 1.38 bits per heavy atom. The van der Waals surface area contributed by atoms with Crippen molar-refractivity contribution in [2.24, 2.45) is 0 Å². The fourth-order valence-electron chi connectivity index (χ4n) is 0.822. The minimum atomic E-state index is -0.990. The number of aliphatic hydroxyl groups is 1. The predicted molar refractivity (Wildman–Crippen MR) is 52.5 cm³/mol. The van der Waals surface area contributed by atoms with Gasteiger partial charge in [0.2, 0.25) is 0 Å². The van der Waals surface area contributed by atoms with Crippen molar-refractivity contribution in [3.05, 3.63) is 0 Å². The summed E-state index contributed by atoms with van der Waals surface area (Å²) in [6, 6.07) is 0. The summed E-state index contributed by atoms with van der Waals surface area (Å²) in [7, 11) is 0. The second-order valence-corrected chi connectivity index (χ2v) is 2.90. The largest absolute Gasteiger partial charge is 0.464 e. The average molecular weight is 197 g/mol. The number of rotatable bonds is 6. The van der Waals surface area contributed by atoms with Crippen molar-refractivity contribution in [2.45, 2.75) is 45.6 Å². The molecule has 0 fully saturated rings. The van der Waals surface area contributed by atoms with Crippen LogP contribution in [0.15, 0.2) is 0 Å². The Morgan fingerprint density at radius 3 is 2.46 bits per heavy atom. The normalized spacial score (nSPS) is 11.6. The van der Waals surface area contributed by atoms with E-state index in [2.05, 4.69) is 6.92 Å². The van der Waals surface area contributed by atoms with Gasteiger partial charge >= 0.3 is 5.97 Å². The van der Waals surface area contributed by atoms with E-state index in [1.165, 1.54) is 19.8 Å². The van der Waals surface area contributed by atoms with Gasteiger partial charge in [0.15, 0.2) is 0 Å². The van der Waals surface area contributed by atoms with Gasteiger partial charge in [-0.1, -0.05) is 26.2 Å². The second-order valence-electron chi connectivity index (χ2n) is 2.90. The molecule has 0 bridgehead atoms. The van der Waals surface area contributed by atoms with Crippen LogP contribution >= 0.6 is 0 Å². The van der Waals surface area contributed by atoms with Gasteiger partial charge in [0, 0.05) is 29.6 Å². The van der Waals surface area contributed by atoms with Crippen LogP contribution in [0.3, 0.4) is 0 Å². The Hall–Kier alpha value is 0.430. The molecule has 0 aliphatic rings. The van der Waals surface area contributed by atoms with Crippen LogP contribution < -0.4 is 0 Å². The Labute approximate surface area is 102 Å². The first-order chi connectivity index (χ1) is 5.68. The smallest absolute Gasteiger partial charge is 0.334 e. The SMILES string of the molecule is CCCCCCOC(=O)C(C)O.[Na]. The second kappa shape index (κ2) is 10.5. The third-order valence-corrected chi connectivity index (χ3v) is 1.58. The molecule has 0 aromatic rings. The quantitative estimate of drug-likeness (QED) is 0.394. The summed E-state index contributed by atoms with van der Waals surface area (Å²) < 4.78 is 4.76. The number of carbonyl (C=O) groups excluding carboxylic acids is 1. The van der Waals surface area contributed by atoms with Crippen LogP contribution in [0.1, 0.15) is 39.5 Å². The van der Waals surface area contributed by atoms with Gasteiger partial charge in [-0.25, -0.2) is 4.79 Å². The van der Waals surface area contributed by atoms with Gasteiger partial charge in [-0.3, -0.25) is 0 Å².